The van der Waals surface area contributed by atoms with Crippen LogP contribution < -0.4 is 5.32 Å². The number of aromatic nitrogens is 2. The minimum Gasteiger partial charge on any atom is -0.370 e. The van der Waals surface area contributed by atoms with E-state index in [1.165, 1.54) is 11.8 Å². The van der Waals surface area contributed by atoms with Crippen LogP contribution in [-0.2, 0) is 4.79 Å². The molecule has 7 nitrogen and oxygen atoms in total. The monoisotopic (exact) mass is 368 g/mol. The van der Waals surface area contributed by atoms with Gasteiger partial charge in [-0.1, -0.05) is 23.9 Å². The van der Waals surface area contributed by atoms with Gasteiger partial charge < -0.3 is 10.2 Å². The minimum absolute atomic E-state index is 0.123. The van der Waals surface area contributed by atoms with Crippen molar-refractivity contribution in [1.29, 1.82) is 10.5 Å². The minimum atomic E-state index is -0.123. The van der Waals surface area contributed by atoms with Crippen LogP contribution in [0.3, 0.4) is 0 Å². The first kappa shape index (κ1) is 19.5. The molecule has 0 aliphatic rings. The summed E-state index contributed by atoms with van der Waals surface area (Å²) in [6.07, 6.45) is 0.498. The van der Waals surface area contributed by atoms with E-state index >= 15 is 0 Å². The van der Waals surface area contributed by atoms with Gasteiger partial charge in [0.15, 0.2) is 5.16 Å². The van der Waals surface area contributed by atoms with Gasteiger partial charge in [0.05, 0.1) is 36.2 Å². The van der Waals surface area contributed by atoms with Gasteiger partial charge in [-0.25, -0.2) is 9.97 Å². The van der Waals surface area contributed by atoms with Crippen LogP contribution in [-0.4, -0.2) is 46.2 Å². The predicted molar refractivity (Wildman–Crippen MR) is 101 cm³/mol. The average Bonchev–Trinajstić information content (AvgIpc) is 2.66. The van der Waals surface area contributed by atoms with Gasteiger partial charge in [0, 0.05) is 25.0 Å². The summed E-state index contributed by atoms with van der Waals surface area (Å²) < 4.78 is 0. The van der Waals surface area contributed by atoms with E-state index in [9.17, 15) is 4.79 Å². The lowest BCUT2D eigenvalue weighted by Crippen LogP contribution is -2.34. The Balaban J connectivity index is 2.11. The molecule has 1 aromatic heterocycles. The Morgan fingerprint density at radius 3 is 2.54 bits per heavy atom. The summed E-state index contributed by atoms with van der Waals surface area (Å²) in [7, 11) is 0. The van der Waals surface area contributed by atoms with Crippen molar-refractivity contribution >= 4 is 34.4 Å². The number of para-hydroxylation sites is 1. The summed E-state index contributed by atoms with van der Waals surface area (Å²) in [5, 5.41) is 22.1. The average molecular weight is 368 g/mol. The van der Waals surface area contributed by atoms with Crippen LogP contribution in [0.5, 0.6) is 0 Å². The number of rotatable bonds is 9. The van der Waals surface area contributed by atoms with Crippen molar-refractivity contribution in [2.24, 2.45) is 0 Å². The van der Waals surface area contributed by atoms with Crippen LogP contribution >= 0.6 is 11.8 Å². The zero-order chi connectivity index (χ0) is 18.8. The SMILES string of the molecule is CCNc1nc(SCC(=O)N(CCC#N)CCC#N)nc2ccccc12. The van der Waals surface area contributed by atoms with Gasteiger partial charge in [0.25, 0.3) is 0 Å². The molecule has 0 radical (unpaired) electrons. The number of benzene rings is 1. The van der Waals surface area contributed by atoms with E-state index in [4.69, 9.17) is 10.5 Å². The first-order valence-corrected chi connectivity index (χ1v) is 9.33. The van der Waals surface area contributed by atoms with E-state index in [0.29, 0.717) is 18.2 Å². The molecule has 0 aliphatic heterocycles. The number of nitrogens with one attached hydrogen (secondary N) is 1. The molecule has 1 amide bonds. The molecule has 8 heteroatoms. The molecular weight excluding hydrogens is 348 g/mol. The van der Waals surface area contributed by atoms with Crippen molar-refractivity contribution < 1.29 is 4.79 Å². The summed E-state index contributed by atoms with van der Waals surface area (Å²) in [6.45, 7) is 3.40. The zero-order valence-electron chi connectivity index (χ0n) is 14.6. The molecule has 1 aromatic carbocycles. The third-order valence-electron chi connectivity index (χ3n) is 3.59. The molecule has 1 N–H and O–H groups in total. The van der Waals surface area contributed by atoms with E-state index in [1.807, 2.05) is 43.3 Å². The largest absolute Gasteiger partial charge is 0.370 e. The maximum absolute atomic E-state index is 12.4. The van der Waals surface area contributed by atoms with Crippen molar-refractivity contribution in [3.05, 3.63) is 24.3 Å². The van der Waals surface area contributed by atoms with E-state index < -0.39 is 0 Å². The van der Waals surface area contributed by atoms with Crippen molar-refractivity contribution in [3.63, 3.8) is 0 Å². The molecule has 134 valence electrons. The molecular formula is C18H20N6OS. The van der Waals surface area contributed by atoms with Crippen LogP contribution in [0.2, 0.25) is 0 Å². The van der Waals surface area contributed by atoms with Gasteiger partial charge in [-0.15, -0.1) is 0 Å². The Bertz CT molecular complexity index is 824. The van der Waals surface area contributed by atoms with Crippen molar-refractivity contribution in [1.82, 2.24) is 14.9 Å². The lowest BCUT2D eigenvalue weighted by atomic mass is 10.2. The first-order chi connectivity index (χ1) is 12.7. The quantitative estimate of drug-likeness (QED) is 0.536. The normalized spacial score (nSPS) is 10.1. The Hall–Kier alpha value is -2.84. The fourth-order valence-electron chi connectivity index (χ4n) is 2.37. The van der Waals surface area contributed by atoms with E-state index in [2.05, 4.69) is 15.3 Å². The third kappa shape index (κ3) is 5.33. The lowest BCUT2D eigenvalue weighted by molar-refractivity contribution is -0.128. The number of hydrogen-bond acceptors (Lipinski definition) is 7. The molecule has 0 bridgehead atoms. The Morgan fingerprint density at radius 1 is 1.19 bits per heavy atom. The number of hydrogen-bond donors (Lipinski definition) is 1. The molecule has 0 unspecified atom stereocenters. The topological polar surface area (TPSA) is 106 Å². The molecule has 26 heavy (non-hydrogen) atoms. The molecule has 0 aliphatic carbocycles. The van der Waals surface area contributed by atoms with E-state index in [1.54, 1.807) is 4.90 Å². The maximum Gasteiger partial charge on any atom is 0.233 e. The number of amides is 1. The highest BCUT2D eigenvalue weighted by Gasteiger charge is 2.15. The Kier molecular flexibility index (Phi) is 7.66. The van der Waals surface area contributed by atoms with Crippen LogP contribution in [0.4, 0.5) is 5.82 Å². The molecule has 2 rings (SSSR count). The van der Waals surface area contributed by atoms with Crippen molar-refractivity contribution in [2.75, 3.05) is 30.7 Å². The second-order valence-electron chi connectivity index (χ2n) is 5.39. The summed E-state index contributed by atoms with van der Waals surface area (Å²) in [6, 6.07) is 11.8. The highest BCUT2D eigenvalue weighted by Crippen LogP contribution is 2.24. The second-order valence-corrected chi connectivity index (χ2v) is 6.33. The standard InChI is InChI=1S/C18H20N6OS/c1-2-21-17-14-7-3-4-8-15(14)22-18(23-17)26-13-16(25)24(11-5-9-19)12-6-10-20/h3-4,7-8H,2,5-6,11-13H2,1H3,(H,21,22,23). The van der Waals surface area contributed by atoms with Gasteiger partial charge in [-0.2, -0.15) is 10.5 Å². The Morgan fingerprint density at radius 2 is 1.88 bits per heavy atom. The smallest absolute Gasteiger partial charge is 0.233 e. The molecule has 1 heterocycles. The maximum atomic E-state index is 12.4. The van der Waals surface area contributed by atoms with Crippen LogP contribution in [0.15, 0.2) is 29.4 Å². The van der Waals surface area contributed by atoms with Crippen LogP contribution in [0.25, 0.3) is 10.9 Å². The van der Waals surface area contributed by atoms with Gasteiger partial charge in [-0.05, 0) is 19.1 Å². The van der Waals surface area contributed by atoms with Gasteiger partial charge in [-0.3, -0.25) is 4.79 Å². The first-order valence-electron chi connectivity index (χ1n) is 8.34. The summed E-state index contributed by atoms with van der Waals surface area (Å²) in [5.74, 6) is 0.793. The number of nitrogens with zero attached hydrogens (tertiary/aromatic N) is 5. The van der Waals surface area contributed by atoms with E-state index in [-0.39, 0.29) is 24.5 Å². The lowest BCUT2D eigenvalue weighted by Gasteiger charge is -2.20. The second kappa shape index (κ2) is 10.2. The molecule has 0 saturated carbocycles. The predicted octanol–water partition coefficient (Wildman–Crippen LogP) is 2.81. The molecule has 0 saturated heterocycles. The zero-order valence-corrected chi connectivity index (χ0v) is 15.4. The molecule has 2 aromatic rings. The highest BCUT2D eigenvalue weighted by atomic mass is 32.2. The number of fused-ring (bicyclic) bond motifs is 1. The van der Waals surface area contributed by atoms with Crippen LogP contribution in [0, 0.1) is 22.7 Å². The molecule has 0 atom stereocenters. The molecule has 0 fully saturated rings. The van der Waals surface area contributed by atoms with Crippen LogP contribution in [0.1, 0.15) is 19.8 Å². The van der Waals surface area contributed by atoms with Gasteiger partial charge >= 0.3 is 0 Å². The fraction of sp³-hybridized carbons (Fsp3) is 0.389. The van der Waals surface area contributed by atoms with Crippen molar-refractivity contribution in [2.45, 2.75) is 24.9 Å². The summed E-state index contributed by atoms with van der Waals surface area (Å²) in [4.78, 5) is 23.0. The number of carbonyl (C=O) groups is 1. The Labute approximate surface area is 157 Å². The third-order valence-corrected chi connectivity index (χ3v) is 4.42. The number of nitriles is 2. The van der Waals surface area contributed by atoms with Gasteiger partial charge in [0.2, 0.25) is 5.91 Å². The number of anilines is 1. The number of thioether (sulfide) groups is 1. The van der Waals surface area contributed by atoms with Gasteiger partial charge in [0.1, 0.15) is 5.82 Å². The van der Waals surface area contributed by atoms with Crippen molar-refractivity contribution in [3.8, 4) is 12.1 Å². The summed E-state index contributed by atoms with van der Waals surface area (Å²) >= 11 is 1.26. The summed E-state index contributed by atoms with van der Waals surface area (Å²) in [5.41, 5.74) is 0.819. The highest BCUT2D eigenvalue weighted by molar-refractivity contribution is 7.99. The number of carbonyl (C=O) groups excluding carboxylic acids is 1. The molecule has 0 spiro atoms. The van der Waals surface area contributed by atoms with E-state index in [0.717, 1.165) is 23.3 Å². The fourth-order valence-corrected chi connectivity index (χ4v) is 3.12.